The smallest absolute Gasteiger partial charge is 0.328 e. The van der Waals surface area contributed by atoms with Crippen LogP contribution in [0.25, 0.3) is 0 Å². The van der Waals surface area contributed by atoms with Crippen LogP contribution in [0.3, 0.4) is 0 Å². The number of nitrogens with zero attached hydrogens (tertiary/aromatic N) is 1. The van der Waals surface area contributed by atoms with E-state index in [-0.39, 0.29) is 12.3 Å². The highest BCUT2D eigenvalue weighted by Crippen LogP contribution is 2.16. The SMILES string of the molecule is COC(=O)[C@H](Cc1ccc(OCc2ccccc2)cc1)NC(=O)C(CC(C)C)N=O. The molecule has 7 heteroatoms. The van der Waals surface area contributed by atoms with E-state index in [9.17, 15) is 14.5 Å². The van der Waals surface area contributed by atoms with Gasteiger partial charge in [0.1, 0.15) is 18.4 Å². The predicted molar refractivity (Wildman–Crippen MR) is 114 cm³/mol. The zero-order valence-corrected chi connectivity index (χ0v) is 17.5. The number of hydrogen-bond acceptors (Lipinski definition) is 6. The largest absolute Gasteiger partial charge is 0.489 e. The Hall–Kier alpha value is -3.22. The first kappa shape index (κ1) is 23.1. The summed E-state index contributed by atoms with van der Waals surface area (Å²) in [4.78, 5) is 35.5. The monoisotopic (exact) mass is 412 g/mol. The standard InChI is InChI=1S/C23H28N2O5/c1-16(2)13-20(25-28)22(26)24-21(23(27)29-3)14-17-9-11-19(12-10-17)30-15-18-7-5-4-6-8-18/h4-12,16,20-21H,13-15H2,1-3H3,(H,24,26)/t20?,21-/m0/s1. The minimum Gasteiger partial charge on any atom is -0.489 e. The van der Waals surface area contributed by atoms with Gasteiger partial charge >= 0.3 is 5.97 Å². The lowest BCUT2D eigenvalue weighted by Gasteiger charge is -2.19. The molecule has 0 aliphatic rings. The molecule has 0 saturated heterocycles. The Balaban J connectivity index is 1.99. The molecule has 0 bridgehead atoms. The first-order valence-corrected chi connectivity index (χ1v) is 9.89. The number of hydrogen-bond donors (Lipinski definition) is 1. The molecule has 0 aliphatic carbocycles. The topological polar surface area (TPSA) is 94.1 Å². The molecule has 30 heavy (non-hydrogen) atoms. The van der Waals surface area contributed by atoms with Gasteiger partial charge < -0.3 is 14.8 Å². The van der Waals surface area contributed by atoms with Crippen LogP contribution in [0, 0.1) is 10.8 Å². The Labute approximate surface area is 176 Å². The van der Waals surface area contributed by atoms with Crippen LogP contribution in [0.2, 0.25) is 0 Å². The molecule has 0 spiro atoms. The van der Waals surface area contributed by atoms with Gasteiger partial charge in [0.2, 0.25) is 5.91 Å². The van der Waals surface area contributed by atoms with Gasteiger partial charge in [-0.3, -0.25) is 4.79 Å². The summed E-state index contributed by atoms with van der Waals surface area (Å²) in [6, 6.07) is 15.1. The molecule has 2 aromatic carbocycles. The van der Waals surface area contributed by atoms with Gasteiger partial charge in [-0.25, -0.2) is 4.79 Å². The van der Waals surface area contributed by atoms with Crippen molar-refractivity contribution in [3.8, 4) is 5.75 Å². The van der Waals surface area contributed by atoms with Crippen LogP contribution in [0.1, 0.15) is 31.4 Å². The van der Waals surface area contributed by atoms with Crippen LogP contribution >= 0.6 is 0 Å². The first-order valence-electron chi connectivity index (χ1n) is 9.89. The fraction of sp³-hybridized carbons (Fsp3) is 0.391. The number of carbonyl (C=O) groups excluding carboxylic acids is 2. The second-order valence-corrected chi connectivity index (χ2v) is 7.46. The summed E-state index contributed by atoms with van der Waals surface area (Å²) in [7, 11) is 1.26. The quantitative estimate of drug-likeness (QED) is 0.449. The summed E-state index contributed by atoms with van der Waals surface area (Å²) < 4.78 is 10.6. The number of nitrogens with one attached hydrogen (secondary N) is 1. The normalized spacial score (nSPS) is 12.7. The summed E-state index contributed by atoms with van der Waals surface area (Å²) in [5, 5.41) is 5.50. The second-order valence-electron chi connectivity index (χ2n) is 7.46. The molecule has 0 radical (unpaired) electrons. The number of esters is 1. The van der Waals surface area contributed by atoms with Gasteiger partial charge in [0.05, 0.1) is 7.11 Å². The average Bonchev–Trinajstić information content (AvgIpc) is 2.76. The number of benzene rings is 2. The third kappa shape index (κ3) is 7.31. The van der Waals surface area contributed by atoms with Gasteiger partial charge in [-0.1, -0.05) is 61.5 Å². The van der Waals surface area contributed by atoms with Gasteiger partial charge in [0, 0.05) is 6.42 Å². The van der Waals surface area contributed by atoms with Crippen LogP contribution in [-0.2, 0) is 27.4 Å². The maximum atomic E-state index is 12.4. The minimum atomic E-state index is -1.04. The molecule has 7 nitrogen and oxygen atoms in total. The van der Waals surface area contributed by atoms with E-state index >= 15 is 0 Å². The zero-order valence-electron chi connectivity index (χ0n) is 17.5. The highest BCUT2D eigenvalue weighted by molar-refractivity contribution is 5.87. The Bertz CT molecular complexity index is 821. The van der Waals surface area contributed by atoms with Crippen LogP contribution in [-0.4, -0.2) is 31.1 Å². The summed E-state index contributed by atoms with van der Waals surface area (Å²) >= 11 is 0. The molecule has 1 unspecified atom stereocenters. The Morgan fingerprint density at radius 3 is 2.23 bits per heavy atom. The summed E-state index contributed by atoms with van der Waals surface area (Å²) in [5.41, 5.74) is 1.88. The van der Waals surface area contributed by atoms with E-state index in [0.29, 0.717) is 18.8 Å². The van der Waals surface area contributed by atoms with E-state index in [2.05, 4.69) is 10.5 Å². The van der Waals surface area contributed by atoms with E-state index < -0.39 is 24.0 Å². The number of carbonyl (C=O) groups is 2. The first-order chi connectivity index (χ1) is 14.4. The third-order valence-electron chi connectivity index (χ3n) is 4.54. The number of nitroso groups, excluding NO2 is 1. The number of rotatable bonds is 11. The second kappa shape index (κ2) is 11.7. The molecule has 2 aromatic rings. The van der Waals surface area contributed by atoms with Crippen LogP contribution in [0.5, 0.6) is 5.75 Å². The van der Waals surface area contributed by atoms with Crippen molar-refractivity contribution < 1.29 is 19.1 Å². The van der Waals surface area contributed by atoms with Crippen molar-refractivity contribution in [2.75, 3.05) is 7.11 Å². The highest BCUT2D eigenvalue weighted by atomic mass is 16.5. The molecular formula is C23H28N2O5. The van der Waals surface area contributed by atoms with Gasteiger partial charge in [-0.2, -0.15) is 0 Å². The molecule has 0 aliphatic heterocycles. The zero-order chi connectivity index (χ0) is 21.9. The Morgan fingerprint density at radius 2 is 1.67 bits per heavy atom. The summed E-state index contributed by atoms with van der Waals surface area (Å²) in [5.74, 6) is -0.333. The third-order valence-corrected chi connectivity index (χ3v) is 4.54. The van der Waals surface area contributed by atoms with Crippen molar-refractivity contribution in [3.63, 3.8) is 0 Å². The fourth-order valence-corrected chi connectivity index (χ4v) is 2.95. The minimum absolute atomic E-state index is 0.124. The molecule has 0 aromatic heterocycles. The lowest BCUT2D eigenvalue weighted by atomic mass is 10.0. The van der Waals surface area contributed by atoms with Crippen LogP contribution < -0.4 is 10.1 Å². The number of amides is 1. The lowest BCUT2D eigenvalue weighted by Crippen LogP contribution is -2.46. The van der Waals surface area contributed by atoms with E-state index in [1.54, 1.807) is 0 Å². The molecule has 2 rings (SSSR count). The molecule has 0 heterocycles. The Morgan fingerprint density at radius 1 is 1.00 bits per heavy atom. The predicted octanol–water partition coefficient (Wildman–Crippen LogP) is 3.65. The van der Waals surface area contributed by atoms with Gasteiger partial charge in [-0.15, -0.1) is 4.91 Å². The van der Waals surface area contributed by atoms with Gasteiger partial charge in [0.15, 0.2) is 6.04 Å². The molecular weight excluding hydrogens is 384 g/mol. The molecule has 1 N–H and O–H groups in total. The number of methoxy groups -OCH3 is 1. The summed E-state index contributed by atoms with van der Waals surface area (Å²) in [6.45, 7) is 4.24. The maximum absolute atomic E-state index is 12.4. The fourth-order valence-electron chi connectivity index (χ4n) is 2.95. The average molecular weight is 412 g/mol. The molecule has 0 fully saturated rings. The van der Waals surface area contributed by atoms with Crippen LogP contribution in [0.15, 0.2) is 59.8 Å². The van der Waals surface area contributed by atoms with Crippen molar-refractivity contribution in [1.82, 2.24) is 5.32 Å². The van der Waals surface area contributed by atoms with Gasteiger partial charge in [-0.05, 0) is 35.6 Å². The lowest BCUT2D eigenvalue weighted by molar-refractivity contribution is -0.145. The summed E-state index contributed by atoms with van der Waals surface area (Å²) in [6.07, 6.45) is 0.543. The van der Waals surface area contributed by atoms with E-state index in [0.717, 1.165) is 11.1 Å². The highest BCUT2D eigenvalue weighted by Gasteiger charge is 2.27. The van der Waals surface area contributed by atoms with Crippen molar-refractivity contribution in [3.05, 3.63) is 70.6 Å². The number of ether oxygens (including phenoxy) is 2. The maximum Gasteiger partial charge on any atom is 0.328 e. The Kier molecular flexibility index (Phi) is 9.00. The van der Waals surface area contributed by atoms with Crippen molar-refractivity contribution in [1.29, 1.82) is 0 Å². The molecule has 160 valence electrons. The molecule has 0 saturated carbocycles. The van der Waals surface area contributed by atoms with Crippen LogP contribution in [0.4, 0.5) is 0 Å². The van der Waals surface area contributed by atoms with Crippen molar-refractivity contribution >= 4 is 11.9 Å². The van der Waals surface area contributed by atoms with E-state index in [1.807, 2.05) is 68.4 Å². The van der Waals surface area contributed by atoms with Gasteiger partial charge in [0.25, 0.3) is 0 Å². The van der Waals surface area contributed by atoms with E-state index in [1.165, 1.54) is 7.11 Å². The molecule has 1 amide bonds. The molecule has 2 atom stereocenters. The van der Waals surface area contributed by atoms with Crippen molar-refractivity contribution in [2.24, 2.45) is 11.1 Å². The van der Waals surface area contributed by atoms with E-state index in [4.69, 9.17) is 9.47 Å². The van der Waals surface area contributed by atoms with Crippen molar-refractivity contribution in [2.45, 2.75) is 45.4 Å².